The van der Waals surface area contributed by atoms with Crippen LogP contribution in [0.25, 0.3) is 0 Å². The van der Waals surface area contributed by atoms with Crippen molar-refractivity contribution in [1.82, 2.24) is 0 Å². The van der Waals surface area contributed by atoms with Gasteiger partial charge in [-0.2, -0.15) is 0 Å². The highest BCUT2D eigenvalue weighted by Crippen LogP contribution is 2.37. The fraction of sp³-hybridized carbons (Fsp3) is 0.217. The van der Waals surface area contributed by atoms with E-state index in [9.17, 15) is 9.59 Å². The van der Waals surface area contributed by atoms with Crippen LogP contribution in [0.2, 0.25) is 0 Å². The molecule has 0 fully saturated rings. The SMILES string of the molecule is CCOc1cc(NC(=O)c2ccccc2C)c(OCC)cc1NC(=O)c1cccs1. The molecule has 156 valence electrons. The smallest absolute Gasteiger partial charge is 0.265 e. The van der Waals surface area contributed by atoms with E-state index in [0.29, 0.717) is 46.5 Å². The maximum absolute atomic E-state index is 12.8. The van der Waals surface area contributed by atoms with Crippen LogP contribution in [0.1, 0.15) is 39.4 Å². The number of rotatable bonds is 8. The van der Waals surface area contributed by atoms with Gasteiger partial charge in [-0.15, -0.1) is 11.3 Å². The summed E-state index contributed by atoms with van der Waals surface area (Å²) in [6, 6.07) is 14.3. The van der Waals surface area contributed by atoms with Crippen LogP contribution < -0.4 is 20.1 Å². The van der Waals surface area contributed by atoms with Crippen molar-refractivity contribution in [2.45, 2.75) is 20.8 Å². The first-order chi connectivity index (χ1) is 14.5. The summed E-state index contributed by atoms with van der Waals surface area (Å²) in [6.07, 6.45) is 0. The second-order valence-electron chi connectivity index (χ2n) is 6.41. The Balaban J connectivity index is 1.94. The molecule has 7 heteroatoms. The van der Waals surface area contributed by atoms with E-state index in [2.05, 4.69) is 10.6 Å². The van der Waals surface area contributed by atoms with E-state index in [-0.39, 0.29) is 11.8 Å². The van der Waals surface area contributed by atoms with Crippen LogP contribution in [0.4, 0.5) is 11.4 Å². The largest absolute Gasteiger partial charge is 0.492 e. The highest BCUT2D eigenvalue weighted by atomic mass is 32.1. The predicted octanol–water partition coefficient (Wildman–Crippen LogP) is 5.36. The molecule has 0 aliphatic carbocycles. The summed E-state index contributed by atoms with van der Waals surface area (Å²) < 4.78 is 11.5. The second-order valence-corrected chi connectivity index (χ2v) is 7.36. The van der Waals surface area contributed by atoms with Crippen LogP contribution in [0.5, 0.6) is 11.5 Å². The fourth-order valence-corrected chi connectivity index (χ4v) is 3.53. The van der Waals surface area contributed by atoms with E-state index in [1.54, 1.807) is 24.3 Å². The van der Waals surface area contributed by atoms with E-state index >= 15 is 0 Å². The minimum absolute atomic E-state index is 0.231. The highest BCUT2D eigenvalue weighted by molar-refractivity contribution is 7.12. The molecule has 3 aromatic rings. The Hall–Kier alpha value is -3.32. The van der Waals surface area contributed by atoms with Gasteiger partial charge in [-0.1, -0.05) is 24.3 Å². The second kappa shape index (κ2) is 9.93. The van der Waals surface area contributed by atoms with Gasteiger partial charge in [0.1, 0.15) is 11.5 Å². The van der Waals surface area contributed by atoms with Crippen LogP contribution in [0.15, 0.2) is 53.9 Å². The third kappa shape index (κ3) is 4.99. The average molecular weight is 425 g/mol. The first-order valence-electron chi connectivity index (χ1n) is 9.69. The van der Waals surface area contributed by atoms with Gasteiger partial charge in [0.2, 0.25) is 0 Å². The molecule has 0 atom stereocenters. The van der Waals surface area contributed by atoms with Gasteiger partial charge < -0.3 is 20.1 Å². The number of carbonyl (C=O) groups is 2. The zero-order valence-corrected chi connectivity index (χ0v) is 18.0. The van der Waals surface area contributed by atoms with Crippen molar-refractivity contribution in [3.8, 4) is 11.5 Å². The molecule has 1 aromatic heterocycles. The number of ether oxygens (including phenoxy) is 2. The summed E-state index contributed by atoms with van der Waals surface area (Å²) in [5.74, 6) is 0.423. The molecule has 0 radical (unpaired) electrons. The molecule has 30 heavy (non-hydrogen) atoms. The van der Waals surface area contributed by atoms with Gasteiger partial charge in [-0.3, -0.25) is 9.59 Å². The number of amides is 2. The molecule has 6 nitrogen and oxygen atoms in total. The van der Waals surface area contributed by atoms with Crippen molar-refractivity contribution >= 4 is 34.5 Å². The number of nitrogens with one attached hydrogen (secondary N) is 2. The lowest BCUT2D eigenvalue weighted by molar-refractivity contribution is 0.101. The number of hydrogen-bond acceptors (Lipinski definition) is 5. The molecule has 3 rings (SSSR count). The Kier molecular flexibility index (Phi) is 7.08. The zero-order chi connectivity index (χ0) is 21.5. The Morgan fingerprint density at radius 1 is 0.867 bits per heavy atom. The first-order valence-corrected chi connectivity index (χ1v) is 10.6. The molecule has 0 saturated carbocycles. The lowest BCUT2D eigenvalue weighted by atomic mass is 10.1. The van der Waals surface area contributed by atoms with Crippen molar-refractivity contribution in [1.29, 1.82) is 0 Å². The normalized spacial score (nSPS) is 10.4. The number of hydrogen-bond donors (Lipinski definition) is 2. The molecule has 0 spiro atoms. The van der Waals surface area contributed by atoms with E-state index in [1.165, 1.54) is 11.3 Å². The zero-order valence-electron chi connectivity index (χ0n) is 17.2. The van der Waals surface area contributed by atoms with Gasteiger partial charge in [-0.25, -0.2) is 0 Å². The average Bonchev–Trinajstić information content (AvgIpc) is 3.26. The van der Waals surface area contributed by atoms with Crippen molar-refractivity contribution in [3.63, 3.8) is 0 Å². The maximum Gasteiger partial charge on any atom is 0.265 e. The number of carbonyl (C=O) groups excluding carboxylic acids is 2. The summed E-state index contributed by atoms with van der Waals surface area (Å²) in [5.41, 5.74) is 2.40. The summed E-state index contributed by atoms with van der Waals surface area (Å²) in [6.45, 7) is 6.40. The highest BCUT2D eigenvalue weighted by Gasteiger charge is 2.18. The Morgan fingerprint density at radius 2 is 1.47 bits per heavy atom. The molecule has 0 saturated heterocycles. The topological polar surface area (TPSA) is 76.7 Å². The molecule has 0 aliphatic heterocycles. The van der Waals surface area contributed by atoms with Crippen molar-refractivity contribution < 1.29 is 19.1 Å². The number of thiophene rings is 1. The van der Waals surface area contributed by atoms with Crippen LogP contribution in [-0.4, -0.2) is 25.0 Å². The number of benzene rings is 2. The van der Waals surface area contributed by atoms with Crippen LogP contribution in [-0.2, 0) is 0 Å². The third-order valence-corrected chi connectivity index (χ3v) is 5.18. The molecule has 0 aliphatic rings. The lowest BCUT2D eigenvalue weighted by Crippen LogP contribution is -2.16. The molecule has 0 bridgehead atoms. The molecule has 2 N–H and O–H groups in total. The van der Waals surface area contributed by atoms with E-state index in [1.807, 2.05) is 50.4 Å². The van der Waals surface area contributed by atoms with Gasteiger partial charge >= 0.3 is 0 Å². The van der Waals surface area contributed by atoms with Gasteiger partial charge in [0, 0.05) is 17.7 Å². The summed E-state index contributed by atoms with van der Waals surface area (Å²) in [7, 11) is 0. The number of aryl methyl sites for hydroxylation is 1. The fourth-order valence-electron chi connectivity index (χ4n) is 2.91. The summed E-state index contributed by atoms with van der Waals surface area (Å²) in [4.78, 5) is 25.9. The van der Waals surface area contributed by atoms with Crippen molar-refractivity contribution in [2.24, 2.45) is 0 Å². The molecule has 2 amide bonds. The van der Waals surface area contributed by atoms with Gasteiger partial charge in [0.25, 0.3) is 11.8 Å². The van der Waals surface area contributed by atoms with E-state index in [0.717, 1.165) is 5.56 Å². The van der Waals surface area contributed by atoms with E-state index < -0.39 is 0 Å². The van der Waals surface area contributed by atoms with E-state index in [4.69, 9.17) is 9.47 Å². The maximum atomic E-state index is 12.8. The predicted molar refractivity (Wildman–Crippen MR) is 120 cm³/mol. The van der Waals surface area contributed by atoms with Crippen LogP contribution in [0, 0.1) is 6.92 Å². The Bertz CT molecular complexity index is 1030. The third-order valence-electron chi connectivity index (χ3n) is 4.31. The quantitative estimate of drug-likeness (QED) is 0.510. The monoisotopic (exact) mass is 424 g/mol. The van der Waals surface area contributed by atoms with Gasteiger partial charge in [0.05, 0.1) is 29.5 Å². The van der Waals surface area contributed by atoms with Crippen molar-refractivity contribution in [3.05, 3.63) is 69.9 Å². The molecular weight excluding hydrogens is 400 g/mol. The summed E-state index contributed by atoms with van der Waals surface area (Å²) >= 11 is 1.35. The first kappa shape index (κ1) is 21.4. The Morgan fingerprint density at radius 3 is 2.00 bits per heavy atom. The van der Waals surface area contributed by atoms with Crippen LogP contribution >= 0.6 is 11.3 Å². The van der Waals surface area contributed by atoms with Gasteiger partial charge in [-0.05, 0) is 43.8 Å². The molecule has 1 heterocycles. The number of anilines is 2. The molecule has 0 unspecified atom stereocenters. The Labute approximate surface area is 179 Å². The van der Waals surface area contributed by atoms with Crippen molar-refractivity contribution in [2.75, 3.05) is 23.8 Å². The minimum atomic E-state index is -0.244. The van der Waals surface area contributed by atoms with Gasteiger partial charge in [0.15, 0.2) is 0 Å². The summed E-state index contributed by atoms with van der Waals surface area (Å²) in [5, 5.41) is 7.62. The van der Waals surface area contributed by atoms with Crippen LogP contribution in [0.3, 0.4) is 0 Å². The lowest BCUT2D eigenvalue weighted by Gasteiger charge is -2.18. The minimum Gasteiger partial charge on any atom is -0.492 e. The molecule has 2 aromatic carbocycles. The standard InChI is InChI=1S/C23H24N2O4S/c1-4-28-19-14-18(25-23(27)21-11-8-12-30-21)20(29-5-2)13-17(19)24-22(26)16-10-7-6-9-15(16)3/h6-14H,4-5H2,1-3H3,(H,24,26)(H,25,27). The molecular formula is C23H24N2O4S.